The summed E-state index contributed by atoms with van der Waals surface area (Å²) in [7, 11) is 1.83. The van der Waals surface area contributed by atoms with Crippen LogP contribution >= 0.6 is 15.9 Å². The number of nitrogens with one attached hydrogen (secondary N) is 1. The minimum Gasteiger partial charge on any atom is -0.349 e. The maximum atomic E-state index is 12.0. The van der Waals surface area contributed by atoms with Gasteiger partial charge in [-0.25, -0.2) is 0 Å². The number of rotatable bonds is 5. The van der Waals surface area contributed by atoms with Crippen molar-refractivity contribution in [1.82, 2.24) is 15.1 Å². The van der Waals surface area contributed by atoms with Crippen LogP contribution in [-0.2, 0) is 13.5 Å². The van der Waals surface area contributed by atoms with Crippen molar-refractivity contribution in [1.29, 1.82) is 0 Å². The van der Waals surface area contributed by atoms with Gasteiger partial charge in [-0.1, -0.05) is 29.8 Å². The summed E-state index contributed by atoms with van der Waals surface area (Å²) >= 11 is 3.49. The number of aryl methyl sites for hydroxylation is 2. The molecule has 0 aliphatic carbocycles. The molecule has 0 saturated carbocycles. The van der Waals surface area contributed by atoms with E-state index in [4.69, 9.17) is 0 Å². The van der Waals surface area contributed by atoms with Crippen molar-refractivity contribution >= 4 is 21.8 Å². The molecule has 1 aromatic rings. The number of aromatic nitrogens is 2. The Morgan fingerprint density at radius 3 is 2.76 bits per heavy atom. The molecule has 4 nitrogen and oxygen atoms in total. The van der Waals surface area contributed by atoms with Crippen LogP contribution in [-0.4, -0.2) is 26.6 Å². The van der Waals surface area contributed by atoms with Gasteiger partial charge in [0.25, 0.3) is 5.91 Å². The topological polar surface area (TPSA) is 46.9 Å². The first-order valence-electron chi connectivity index (χ1n) is 5.91. The lowest BCUT2D eigenvalue weighted by Crippen LogP contribution is -2.34. The largest absolute Gasteiger partial charge is 0.349 e. The summed E-state index contributed by atoms with van der Waals surface area (Å²) in [5, 5.41) is 7.26. The van der Waals surface area contributed by atoms with E-state index in [1.54, 1.807) is 10.9 Å². The van der Waals surface area contributed by atoms with Crippen LogP contribution in [0.4, 0.5) is 0 Å². The van der Waals surface area contributed by atoms with Gasteiger partial charge in [-0.15, -0.1) is 0 Å². The van der Waals surface area contributed by atoms with Gasteiger partial charge >= 0.3 is 0 Å². The number of nitrogens with zero attached hydrogens (tertiary/aromatic N) is 2. The van der Waals surface area contributed by atoms with Gasteiger partial charge in [0.05, 0.1) is 11.3 Å². The number of alkyl halides is 1. The van der Waals surface area contributed by atoms with Gasteiger partial charge in [-0.3, -0.25) is 9.48 Å². The highest BCUT2D eigenvalue weighted by atomic mass is 79.9. The molecule has 96 valence electrons. The molecule has 2 unspecified atom stereocenters. The maximum Gasteiger partial charge on any atom is 0.254 e. The third-order valence-corrected chi connectivity index (χ3v) is 2.91. The van der Waals surface area contributed by atoms with Crippen LogP contribution in [0.2, 0.25) is 0 Å². The molecule has 0 aliphatic rings. The van der Waals surface area contributed by atoms with E-state index in [9.17, 15) is 4.79 Å². The standard InChI is InChI=1S/C12H20BrN3O/c1-5-11-10(7-16(4)15-11)12(17)14-9(3)6-8(2)13/h7-9H,5-6H2,1-4H3,(H,14,17). The van der Waals surface area contributed by atoms with Gasteiger partial charge in [0, 0.05) is 24.1 Å². The Kier molecular flexibility index (Phi) is 5.18. The van der Waals surface area contributed by atoms with Crippen LogP contribution < -0.4 is 5.32 Å². The third kappa shape index (κ3) is 4.15. The second kappa shape index (κ2) is 6.19. The van der Waals surface area contributed by atoms with Crippen LogP contribution in [0.15, 0.2) is 6.20 Å². The zero-order valence-electron chi connectivity index (χ0n) is 10.8. The number of hydrogen-bond donors (Lipinski definition) is 1. The first-order valence-corrected chi connectivity index (χ1v) is 6.83. The monoisotopic (exact) mass is 301 g/mol. The SMILES string of the molecule is CCc1nn(C)cc1C(=O)NC(C)CC(C)Br. The van der Waals surface area contributed by atoms with Crippen molar-refractivity contribution in [2.45, 2.75) is 44.5 Å². The second-order valence-corrected chi connectivity index (χ2v) is 5.97. The molecule has 1 aromatic heterocycles. The molecule has 17 heavy (non-hydrogen) atoms. The molecule has 1 heterocycles. The summed E-state index contributed by atoms with van der Waals surface area (Å²) in [6, 6.07) is 0.154. The Morgan fingerprint density at radius 2 is 2.24 bits per heavy atom. The number of halogens is 1. The number of hydrogen-bond acceptors (Lipinski definition) is 2. The summed E-state index contributed by atoms with van der Waals surface area (Å²) in [6.07, 6.45) is 3.46. The van der Waals surface area contributed by atoms with E-state index < -0.39 is 0 Å². The van der Waals surface area contributed by atoms with Crippen LogP contribution in [0, 0.1) is 0 Å². The summed E-state index contributed by atoms with van der Waals surface area (Å²) in [6.45, 7) is 6.09. The summed E-state index contributed by atoms with van der Waals surface area (Å²) in [5.41, 5.74) is 1.54. The first-order chi connectivity index (χ1) is 7.93. The molecular weight excluding hydrogens is 282 g/mol. The van der Waals surface area contributed by atoms with E-state index in [0.717, 1.165) is 18.5 Å². The molecule has 0 spiro atoms. The van der Waals surface area contributed by atoms with Crippen LogP contribution in [0.25, 0.3) is 0 Å². The minimum atomic E-state index is -0.0319. The quantitative estimate of drug-likeness (QED) is 0.848. The van der Waals surface area contributed by atoms with E-state index in [1.165, 1.54) is 0 Å². The predicted octanol–water partition coefficient (Wildman–Crippen LogP) is 2.27. The molecule has 2 atom stereocenters. The van der Waals surface area contributed by atoms with Crippen molar-refractivity contribution in [3.63, 3.8) is 0 Å². The van der Waals surface area contributed by atoms with Crippen molar-refractivity contribution < 1.29 is 4.79 Å². The summed E-state index contributed by atoms with van der Waals surface area (Å²) in [4.78, 5) is 12.5. The fraction of sp³-hybridized carbons (Fsp3) is 0.667. The van der Waals surface area contributed by atoms with E-state index in [2.05, 4.69) is 33.3 Å². The lowest BCUT2D eigenvalue weighted by atomic mass is 10.1. The van der Waals surface area contributed by atoms with Gasteiger partial charge in [0.2, 0.25) is 0 Å². The Hall–Kier alpha value is -0.840. The van der Waals surface area contributed by atoms with E-state index in [-0.39, 0.29) is 11.9 Å². The molecule has 0 bridgehead atoms. The minimum absolute atomic E-state index is 0.0319. The van der Waals surface area contributed by atoms with Gasteiger partial charge < -0.3 is 5.32 Å². The molecule has 0 radical (unpaired) electrons. The molecule has 0 saturated heterocycles. The third-order valence-electron chi connectivity index (χ3n) is 2.54. The molecule has 0 aliphatic heterocycles. The number of carbonyl (C=O) groups excluding carboxylic acids is 1. The van der Waals surface area contributed by atoms with Crippen molar-refractivity contribution in [2.75, 3.05) is 0 Å². The molecule has 5 heteroatoms. The highest BCUT2D eigenvalue weighted by Gasteiger charge is 2.16. The fourth-order valence-corrected chi connectivity index (χ4v) is 2.39. The van der Waals surface area contributed by atoms with Gasteiger partial charge in [-0.2, -0.15) is 5.10 Å². The molecule has 0 fully saturated rings. The van der Waals surface area contributed by atoms with Crippen LogP contribution in [0.3, 0.4) is 0 Å². The summed E-state index contributed by atoms with van der Waals surface area (Å²) < 4.78 is 1.69. The predicted molar refractivity (Wildman–Crippen MR) is 72.5 cm³/mol. The van der Waals surface area contributed by atoms with E-state index >= 15 is 0 Å². The smallest absolute Gasteiger partial charge is 0.254 e. The fourth-order valence-electron chi connectivity index (χ4n) is 1.83. The number of amides is 1. The maximum absolute atomic E-state index is 12.0. The highest BCUT2D eigenvalue weighted by molar-refractivity contribution is 9.09. The van der Waals surface area contributed by atoms with Crippen LogP contribution in [0.1, 0.15) is 43.2 Å². The second-order valence-electron chi connectivity index (χ2n) is 4.41. The van der Waals surface area contributed by atoms with E-state index in [0.29, 0.717) is 10.4 Å². The lowest BCUT2D eigenvalue weighted by molar-refractivity contribution is 0.0937. The van der Waals surface area contributed by atoms with Crippen molar-refractivity contribution in [3.05, 3.63) is 17.5 Å². The highest BCUT2D eigenvalue weighted by Crippen LogP contribution is 2.10. The zero-order chi connectivity index (χ0) is 13.0. The average Bonchev–Trinajstić information content (AvgIpc) is 2.58. The van der Waals surface area contributed by atoms with Crippen molar-refractivity contribution in [3.8, 4) is 0 Å². The van der Waals surface area contributed by atoms with Gasteiger partial charge in [-0.05, 0) is 19.8 Å². The molecular formula is C12H20BrN3O. The first kappa shape index (κ1) is 14.2. The lowest BCUT2D eigenvalue weighted by Gasteiger charge is -2.14. The Balaban J connectivity index is 2.69. The van der Waals surface area contributed by atoms with E-state index in [1.807, 2.05) is 20.9 Å². The molecule has 0 aromatic carbocycles. The Bertz CT molecular complexity index is 387. The number of carbonyl (C=O) groups is 1. The summed E-state index contributed by atoms with van der Waals surface area (Å²) in [5.74, 6) is -0.0319. The zero-order valence-corrected chi connectivity index (χ0v) is 12.4. The van der Waals surface area contributed by atoms with Gasteiger partial charge in [0.15, 0.2) is 0 Å². The normalized spacial score (nSPS) is 14.4. The molecule has 1 amide bonds. The molecule has 1 N–H and O–H groups in total. The van der Waals surface area contributed by atoms with Crippen molar-refractivity contribution in [2.24, 2.45) is 7.05 Å². The van der Waals surface area contributed by atoms with Crippen LogP contribution in [0.5, 0.6) is 0 Å². The Labute approximate surface area is 111 Å². The Morgan fingerprint density at radius 1 is 1.59 bits per heavy atom. The van der Waals surface area contributed by atoms with Gasteiger partial charge in [0.1, 0.15) is 0 Å². The average molecular weight is 302 g/mol. The molecule has 1 rings (SSSR count).